The molecule has 0 radical (unpaired) electrons. The van der Waals surface area contributed by atoms with Crippen LogP contribution in [0.4, 0.5) is 0 Å². The van der Waals surface area contributed by atoms with Crippen LogP contribution in [-0.2, 0) is 42.1 Å². The Morgan fingerprint density at radius 2 is 1.19 bits per heavy atom. The number of esters is 2. The van der Waals surface area contributed by atoms with Gasteiger partial charge in [-0.1, -0.05) is 26.3 Å². The Morgan fingerprint density at radius 3 is 1.57 bits per heavy atom. The highest BCUT2D eigenvalue weighted by molar-refractivity contribution is 6.74. The third-order valence-corrected chi connectivity index (χ3v) is 14.7. The van der Waals surface area contributed by atoms with Crippen molar-refractivity contribution in [3.05, 3.63) is 11.0 Å². The lowest BCUT2D eigenvalue weighted by Crippen LogP contribution is -2.42. The van der Waals surface area contributed by atoms with Gasteiger partial charge in [-0.15, -0.1) is 0 Å². The zero-order valence-corrected chi connectivity index (χ0v) is 30.1. The van der Waals surface area contributed by atoms with E-state index in [1.54, 1.807) is 0 Å². The smallest absolute Gasteiger partial charge is 0.468 e. The predicted molar refractivity (Wildman–Crippen MR) is 169 cm³/mol. The van der Waals surface area contributed by atoms with E-state index in [1.807, 2.05) is 62.3 Å². The number of carbonyl (C=O) groups is 2. The van der Waals surface area contributed by atoms with Gasteiger partial charge >= 0.3 is 26.2 Å². The topological polar surface area (TPSA) is 98.8 Å². The number of rotatable bonds is 11. The molecule has 2 aliphatic rings. The van der Waals surface area contributed by atoms with Crippen molar-refractivity contribution in [2.75, 3.05) is 20.8 Å². The number of carbonyl (C=O) groups excluding carboxylic acids is 2. The van der Waals surface area contributed by atoms with Crippen molar-refractivity contribution in [1.82, 2.24) is 0 Å². The van der Waals surface area contributed by atoms with Gasteiger partial charge in [0.05, 0.1) is 36.6 Å². The van der Waals surface area contributed by atoms with Crippen molar-refractivity contribution < 1.29 is 42.1 Å². The summed E-state index contributed by atoms with van der Waals surface area (Å²) in [6, 6.07) is 0. The molecular formula is C30H56B2O9Si. The molecule has 2 fully saturated rings. The third-order valence-electron chi connectivity index (χ3n) is 10.2. The van der Waals surface area contributed by atoms with E-state index in [2.05, 4.69) is 33.9 Å². The van der Waals surface area contributed by atoms with Crippen molar-refractivity contribution in [3.63, 3.8) is 0 Å². The van der Waals surface area contributed by atoms with Gasteiger partial charge in [0.2, 0.25) is 0 Å². The van der Waals surface area contributed by atoms with Gasteiger partial charge in [0.15, 0.2) is 14.2 Å². The first-order valence-corrected chi connectivity index (χ1v) is 18.0. The Balaban J connectivity index is 2.68. The van der Waals surface area contributed by atoms with E-state index in [0.717, 1.165) is 11.0 Å². The summed E-state index contributed by atoms with van der Waals surface area (Å²) in [7, 11) is -0.936. The Morgan fingerprint density at radius 1 is 0.786 bits per heavy atom. The highest BCUT2D eigenvalue weighted by Crippen LogP contribution is 2.48. The molecule has 9 nitrogen and oxygen atoms in total. The monoisotopic (exact) mass is 610 g/mol. The summed E-state index contributed by atoms with van der Waals surface area (Å²) in [5, 5.41) is 0.0431. The molecule has 0 N–H and O–H groups in total. The van der Waals surface area contributed by atoms with Gasteiger partial charge in [-0.05, 0) is 98.8 Å². The molecule has 2 aliphatic heterocycles. The number of methoxy groups -OCH3 is 2. The molecule has 0 amide bonds. The van der Waals surface area contributed by atoms with Gasteiger partial charge in [0.25, 0.3) is 0 Å². The van der Waals surface area contributed by atoms with Gasteiger partial charge in [-0.25, -0.2) is 0 Å². The van der Waals surface area contributed by atoms with Crippen LogP contribution in [0.3, 0.4) is 0 Å². The number of hydrogen-bond donors (Lipinski definition) is 0. The van der Waals surface area contributed by atoms with Crippen molar-refractivity contribution in [2.45, 2.75) is 142 Å². The molecule has 0 aromatic rings. The summed E-state index contributed by atoms with van der Waals surface area (Å²) in [5.74, 6) is -2.83. The molecule has 0 aliphatic carbocycles. The number of ether oxygens (including phenoxy) is 2. The summed E-state index contributed by atoms with van der Waals surface area (Å²) in [6.07, 6.45) is 0.624. The van der Waals surface area contributed by atoms with Gasteiger partial charge in [-0.3, -0.25) is 9.59 Å². The van der Waals surface area contributed by atoms with Crippen LogP contribution in [0.25, 0.3) is 0 Å². The number of allylic oxidation sites excluding steroid dienone is 2. The zero-order valence-electron chi connectivity index (χ0n) is 29.1. The molecule has 2 heterocycles. The summed E-state index contributed by atoms with van der Waals surface area (Å²) >= 11 is 0. The molecule has 12 heteroatoms. The van der Waals surface area contributed by atoms with Crippen LogP contribution >= 0.6 is 0 Å². The van der Waals surface area contributed by atoms with Crippen LogP contribution in [0.5, 0.6) is 0 Å². The average molecular weight is 610 g/mol. The minimum Gasteiger partial charge on any atom is -0.468 e. The summed E-state index contributed by atoms with van der Waals surface area (Å²) < 4.78 is 43.0. The molecule has 0 saturated carbocycles. The molecule has 240 valence electrons. The first-order chi connectivity index (χ1) is 18.8. The molecule has 0 aromatic carbocycles. The molecule has 2 rings (SSSR count). The fourth-order valence-electron chi connectivity index (χ4n) is 4.78. The third kappa shape index (κ3) is 7.72. The summed E-state index contributed by atoms with van der Waals surface area (Å²) in [6.45, 7) is 29.5. The Bertz CT molecular complexity index is 982. The molecule has 0 aromatic heterocycles. The largest absolute Gasteiger partial charge is 0.490 e. The molecule has 1 atom stereocenters. The quantitative estimate of drug-likeness (QED) is 0.155. The average Bonchev–Trinajstić information content (AvgIpc) is 3.18. The van der Waals surface area contributed by atoms with Crippen molar-refractivity contribution in [2.24, 2.45) is 5.92 Å². The van der Waals surface area contributed by atoms with E-state index < -0.39 is 62.8 Å². The van der Waals surface area contributed by atoms with Crippen LogP contribution in [0.1, 0.15) is 95.9 Å². The van der Waals surface area contributed by atoms with Crippen LogP contribution in [0.15, 0.2) is 11.0 Å². The van der Waals surface area contributed by atoms with Crippen molar-refractivity contribution in [1.29, 1.82) is 0 Å². The fourth-order valence-corrected chi connectivity index (χ4v) is 5.84. The van der Waals surface area contributed by atoms with Gasteiger partial charge < -0.3 is 32.5 Å². The first-order valence-electron chi connectivity index (χ1n) is 15.0. The molecule has 2 saturated heterocycles. The highest BCUT2D eigenvalue weighted by atomic mass is 28.4. The summed E-state index contributed by atoms with van der Waals surface area (Å²) in [4.78, 5) is 25.4. The minimum absolute atomic E-state index is 0.0431. The predicted octanol–water partition coefficient (Wildman–Crippen LogP) is 6.16. The maximum absolute atomic E-state index is 12.7. The van der Waals surface area contributed by atoms with E-state index >= 15 is 0 Å². The maximum Gasteiger partial charge on any atom is 0.490 e. The van der Waals surface area contributed by atoms with Crippen LogP contribution in [0, 0.1) is 5.92 Å². The SMILES string of the molecule is COC(=O)C(C/C(C)=C(\B1OC(C)(C)C(C)(C)O1)C(CCO[Si](C)(C)C(C)(C)C)B1OC(C)(C)C(C)(C)O1)C(=O)OC. The van der Waals surface area contributed by atoms with E-state index in [4.69, 9.17) is 32.5 Å². The van der Waals surface area contributed by atoms with E-state index in [0.29, 0.717) is 13.0 Å². The summed E-state index contributed by atoms with van der Waals surface area (Å²) in [5.41, 5.74) is -0.862. The minimum atomic E-state index is -2.06. The number of hydrogen-bond acceptors (Lipinski definition) is 9. The van der Waals surface area contributed by atoms with Crippen molar-refractivity contribution in [3.8, 4) is 0 Å². The fraction of sp³-hybridized carbons (Fsp3) is 0.867. The van der Waals surface area contributed by atoms with E-state index in [9.17, 15) is 9.59 Å². The lowest BCUT2D eigenvalue weighted by atomic mass is 9.54. The molecule has 42 heavy (non-hydrogen) atoms. The Kier molecular flexibility index (Phi) is 11.2. The standard InChI is InChI=1S/C30H56B2O9Si/c1-20(19-21(24(33)35-13)25(34)36-14)23(32-40-29(9,10)30(11,12)41-32)22(17-18-37-42(15,16)26(2,3)4)31-38-27(5,6)28(7,8)39-31/h21-22H,17-19H2,1-16H3/b23-20-. The second kappa shape index (κ2) is 12.7. The van der Waals surface area contributed by atoms with E-state index in [1.165, 1.54) is 14.2 Å². The molecule has 0 spiro atoms. The van der Waals surface area contributed by atoms with Crippen molar-refractivity contribution >= 4 is 34.5 Å². The van der Waals surface area contributed by atoms with Gasteiger partial charge in [-0.2, -0.15) is 0 Å². The van der Waals surface area contributed by atoms with Gasteiger partial charge in [0.1, 0.15) is 0 Å². The van der Waals surface area contributed by atoms with E-state index in [-0.39, 0.29) is 17.3 Å². The highest BCUT2D eigenvalue weighted by Gasteiger charge is 2.59. The van der Waals surface area contributed by atoms with Gasteiger partial charge in [0, 0.05) is 12.4 Å². The molecule has 0 bridgehead atoms. The second-order valence-electron chi connectivity index (χ2n) is 15.3. The lowest BCUT2D eigenvalue weighted by Gasteiger charge is -2.37. The normalized spacial score (nSPS) is 22.7. The Hall–Kier alpha value is -1.17. The van der Waals surface area contributed by atoms with Crippen LogP contribution in [0.2, 0.25) is 23.9 Å². The lowest BCUT2D eigenvalue weighted by molar-refractivity contribution is -0.158. The maximum atomic E-state index is 12.7. The first kappa shape index (κ1) is 37.0. The van der Waals surface area contributed by atoms with Crippen LogP contribution in [-0.4, -0.2) is 77.7 Å². The molecule has 1 unspecified atom stereocenters. The Labute approximate surface area is 256 Å². The second-order valence-corrected chi connectivity index (χ2v) is 20.1. The zero-order chi connectivity index (χ0) is 32.7. The van der Waals surface area contributed by atoms with Crippen LogP contribution < -0.4 is 0 Å². The molecular weight excluding hydrogens is 554 g/mol.